The molecule has 0 aromatic heterocycles. The number of piperidine rings is 1. The quantitative estimate of drug-likeness (QED) is 0.443. The van der Waals surface area contributed by atoms with Crippen molar-refractivity contribution in [2.75, 3.05) is 13.2 Å². The van der Waals surface area contributed by atoms with E-state index in [0.717, 1.165) is 37.6 Å². The van der Waals surface area contributed by atoms with Gasteiger partial charge in [0.25, 0.3) is 0 Å². The van der Waals surface area contributed by atoms with Crippen LogP contribution in [0.4, 0.5) is 4.79 Å². The smallest absolute Gasteiger partial charge is 0.410 e. The average molecular weight is 464 g/mol. The standard InChI is InChI=1S/C31H45NO2/c1-8-15-34-28(33)32-14-13-30-18-24-16-20(3)31(30,19-25(24)21(4)29(5,6)7)26(32)17-23-12-10-11-22(9-2)27(23)30/h8,10-12,20-21,24-26H,1,9,13-19H2,2-7H3/t20-,21?,24?,25?,26-,30-,31?/m1/s1. The van der Waals surface area contributed by atoms with E-state index >= 15 is 0 Å². The van der Waals surface area contributed by atoms with Crippen LogP contribution >= 0.6 is 0 Å². The summed E-state index contributed by atoms with van der Waals surface area (Å²) in [5, 5.41) is 0. The molecule has 0 radical (unpaired) electrons. The Bertz CT molecular complexity index is 976. The lowest BCUT2D eigenvalue weighted by molar-refractivity contribution is -0.199. The molecule has 4 bridgehead atoms. The van der Waals surface area contributed by atoms with Gasteiger partial charge in [0, 0.05) is 23.4 Å². The third-order valence-electron chi connectivity index (χ3n) is 11.0. The van der Waals surface area contributed by atoms with Gasteiger partial charge in [-0.3, -0.25) is 0 Å². The van der Waals surface area contributed by atoms with Crippen molar-refractivity contribution in [1.29, 1.82) is 0 Å². The maximum atomic E-state index is 13.4. The number of fused-ring (bicyclic) bond motifs is 3. The van der Waals surface area contributed by atoms with Crippen molar-refractivity contribution in [2.45, 2.75) is 91.5 Å². The number of amides is 1. The summed E-state index contributed by atoms with van der Waals surface area (Å²) in [6.07, 6.45) is 8.56. The van der Waals surface area contributed by atoms with Crippen molar-refractivity contribution >= 4 is 6.09 Å². The fourth-order valence-corrected chi connectivity index (χ4v) is 9.35. The molecule has 1 aromatic carbocycles. The maximum absolute atomic E-state index is 13.4. The zero-order valence-corrected chi connectivity index (χ0v) is 22.3. The predicted octanol–water partition coefficient (Wildman–Crippen LogP) is 7.17. The summed E-state index contributed by atoms with van der Waals surface area (Å²) < 4.78 is 5.67. The van der Waals surface area contributed by atoms with Crippen molar-refractivity contribution in [3.8, 4) is 0 Å². The first-order valence-electron chi connectivity index (χ1n) is 13.8. The van der Waals surface area contributed by atoms with Crippen LogP contribution in [0.25, 0.3) is 0 Å². The number of hydrogen-bond acceptors (Lipinski definition) is 2. The van der Waals surface area contributed by atoms with E-state index < -0.39 is 0 Å². The van der Waals surface area contributed by atoms with E-state index in [9.17, 15) is 4.79 Å². The minimum Gasteiger partial charge on any atom is -0.445 e. The summed E-state index contributed by atoms with van der Waals surface area (Å²) in [6.45, 7) is 19.5. The van der Waals surface area contributed by atoms with Gasteiger partial charge in [0.2, 0.25) is 0 Å². The molecule has 3 saturated carbocycles. The number of carbonyl (C=O) groups excluding carboxylic acids is 1. The lowest BCUT2D eigenvalue weighted by Crippen LogP contribution is -2.75. The fourth-order valence-electron chi connectivity index (χ4n) is 9.35. The molecule has 1 aromatic rings. The topological polar surface area (TPSA) is 29.5 Å². The number of benzene rings is 1. The molecule has 34 heavy (non-hydrogen) atoms. The van der Waals surface area contributed by atoms with E-state index in [0.29, 0.717) is 17.3 Å². The van der Waals surface area contributed by atoms with Crippen LogP contribution in [0.1, 0.15) is 83.9 Å². The van der Waals surface area contributed by atoms with Gasteiger partial charge in [0.15, 0.2) is 0 Å². The molecule has 1 aliphatic heterocycles. The Hall–Kier alpha value is -1.77. The SMILES string of the molecule is C=CCOC(=O)N1CC[C@]23CC4C[C@@H](C)C2(CC4C(C)C(C)(C)C)[C@H]1Cc1cccc(CC)c13. The fraction of sp³-hybridized carbons (Fsp3) is 0.710. The number of rotatable bonds is 4. The van der Waals surface area contributed by atoms with E-state index in [-0.39, 0.29) is 29.6 Å². The molecule has 1 spiro atoms. The van der Waals surface area contributed by atoms with Crippen LogP contribution in [0.2, 0.25) is 0 Å². The van der Waals surface area contributed by atoms with Gasteiger partial charge in [-0.15, -0.1) is 0 Å². The van der Waals surface area contributed by atoms with Crippen molar-refractivity contribution in [3.05, 3.63) is 47.5 Å². The van der Waals surface area contributed by atoms with E-state index in [1.165, 1.54) is 24.8 Å². The van der Waals surface area contributed by atoms with Gasteiger partial charge < -0.3 is 9.64 Å². The highest BCUT2D eigenvalue weighted by molar-refractivity contribution is 5.69. The van der Waals surface area contributed by atoms with Crippen LogP contribution in [-0.4, -0.2) is 30.2 Å². The number of nitrogens with zero attached hydrogens (tertiary/aromatic N) is 1. The Morgan fingerprint density at radius 2 is 2.09 bits per heavy atom. The molecule has 186 valence electrons. The predicted molar refractivity (Wildman–Crippen MR) is 139 cm³/mol. The second kappa shape index (κ2) is 8.14. The first kappa shape index (κ1) is 23.9. The lowest BCUT2D eigenvalue weighted by Gasteiger charge is -2.74. The first-order valence-corrected chi connectivity index (χ1v) is 13.8. The van der Waals surface area contributed by atoms with Crippen molar-refractivity contribution < 1.29 is 9.53 Å². The largest absolute Gasteiger partial charge is 0.445 e. The van der Waals surface area contributed by atoms with Crippen molar-refractivity contribution in [1.82, 2.24) is 4.90 Å². The summed E-state index contributed by atoms with van der Waals surface area (Å²) in [7, 11) is 0. The van der Waals surface area contributed by atoms with Crippen molar-refractivity contribution in [2.24, 2.45) is 34.5 Å². The average Bonchev–Trinajstić information content (AvgIpc) is 2.80. The zero-order chi connectivity index (χ0) is 24.5. The second-order valence-corrected chi connectivity index (χ2v) is 13.1. The monoisotopic (exact) mass is 463 g/mol. The Morgan fingerprint density at radius 1 is 1.32 bits per heavy atom. The lowest BCUT2D eigenvalue weighted by atomic mass is 9.32. The zero-order valence-electron chi connectivity index (χ0n) is 22.3. The van der Waals surface area contributed by atoms with Crippen LogP contribution in [-0.2, 0) is 23.0 Å². The summed E-state index contributed by atoms with van der Waals surface area (Å²) in [6, 6.07) is 7.21. The van der Waals surface area contributed by atoms with Crippen LogP contribution in [0.15, 0.2) is 30.9 Å². The number of likely N-dealkylation sites (tertiary alicyclic amines) is 1. The highest BCUT2D eigenvalue weighted by Gasteiger charge is 2.72. The first-order chi connectivity index (χ1) is 16.1. The molecular formula is C31H45NO2. The van der Waals surface area contributed by atoms with Gasteiger partial charge in [0.1, 0.15) is 6.61 Å². The van der Waals surface area contributed by atoms with Gasteiger partial charge in [-0.25, -0.2) is 4.79 Å². The van der Waals surface area contributed by atoms with Gasteiger partial charge in [-0.1, -0.05) is 72.4 Å². The molecule has 6 rings (SSSR count). The summed E-state index contributed by atoms with van der Waals surface area (Å²) in [5.74, 6) is 2.80. The molecule has 3 heteroatoms. The number of hydrogen-bond donors (Lipinski definition) is 0. The molecule has 4 fully saturated rings. The van der Waals surface area contributed by atoms with E-state index in [1.54, 1.807) is 17.2 Å². The Kier molecular flexibility index (Phi) is 5.73. The molecule has 1 heterocycles. The number of carbonyl (C=O) groups is 1. The van der Waals surface area contributed by atoms with E-state index in [1.807, 2.05) is 0 Å². The van der Waals surface area contributed by atoms with E-state index in [4.69, 9.17) is 4.74 Å². The minimum absolute atomic E-state index is 0.135. The number of ether oxygens (including phenoxy) is 1. The van der Waals surface area contributed by atoms with Crippen molar-refractivity contribution in [3.63, 3.8) is 0 Å². The Labute approximate surface area is 207 Å². The van der Waals surface area contributed by atoms with Crippen LogP contribution in [0.5, 0.6) is 0 Å². The third-order valence-corrected chi connectivity index (χ3v) is 11.0. The van der Waals surface area contributed by atoms with Gasteiger partial charge >= 0.3 is 6.09 Å². The summed E-state index contributed by atoms with van der Waals surface area (Å²) >= 11 is 0. The normalized spacial score (nSPS) is 36.9. The van der Waals surface area contributed by atoms with Crippen LogP contribution in [0.3, 0.4) is 0 Å². The van der Waals surface area contributed by atoms with Gasteiger partial charge in [-0.05, 0) is 84.3 Å². The maximum Gasteiger partial charge on any atom is 0.410 e. The molecule has 5 aliphatic rings. The molecule has 1 amide bonds. The summed E-state index contributed by atoms with van der Waals surface area (Å²) in [5.41, 5.74) is 5.37. The van der Waals surface area contributed by atoms with Crippen LogP contribution in [0, 0.1) is 34.5 Å². The Morgan fingerprint density at radius 3 is 2.76 bits per heavy atom. The second-order valence-electron chi connectivity index (χ2n) is 13.1. The molecule has 4 unspecified atom stereocenters. The molecule has 1 saturated heterocycles. The van der Waals surface area contributed by atoms with E-state index in [2.05, 4.69) is 71.2 Å². The molecule has 3 nitrogen and oxygen atoms in total. The number of aryl methyl sites for hydroxylation is 1. The van der Waals surface area contributed by atoms with Crippen LogP contribution < -0.4 is 0 Å². The molecular weight excluding hydrogens is 418 g/mol. The highest BCUT2D eigenvalue weighted by atomic mass is 16.6. The van der Waals surface area contributed by atoms with Gasteiger partial charge in [0.05, 0.1) is 0 Å². The Balaban J connectivity index is 1.68. The summed E-state index contributed by atoms with van der Waals surface area (Å²) in [4.78, 5) is 15.5. The molecule has 4 aliphatic carbocycles. The molecule has 0 N–H and O–H groups in total. The van der Waals surface area contributed by atoms with Gasteiger partial charge in [-0.2, -0.15) is 0 Å². The highest BCUT2D eigenvalue weighted by Crippen LogP contribution is 2.74. The minimum atomic E-state index is -0.136. The molecule has 7 atom stereocenters. The third kappa shape index (κ3) is 3.10.